The lowest BCUT2D eigenvalue weighted by atomic mass is 10.2. The molecule has 25 heavy (non-hydrogen) atoms. The Balaban J connectivity index is 1.46. The molecule has 2 atom stereocenters. The van der Waals surface area contributed by atoms with E-state index in [1.807, 2.05) is 38.1 Å². The molecular formula is C21H27NO3. The predicted octanol–water partition coefficient (Wildman–Crippen LogP) is 3.51. The van der Waals surface area contributed by atoms with Crippen molar-refractivity contribution in [3.63, 3.8) is 0 Å². The first kappa shape index (κ1) is 18.1. The Morgan fingerprint density at radius 2 is 1.48 bits per heavy atom. The van der Waals surface area contributed by atoms with Crippen LogP contribution in [0.25, 0.3) is 0 Å². The van der Waals surface area contributed by atoms with E-state index in [9.17, 15) is 0 Å². The van der Waals surface area contributed by atoms with Crippen LogP contribution in [0.1, 0.15) is 25.0 Å². The fraction of sp³-hybridized carbons (Fsp3) is 0.429. The van der Waals surface area contributed by atoms with Crippen LogP contribution >= 0.6 is 0 Å². The van der Waals surface area contributed by atoms with Crippen molar-refractivity contribution >= 4 is 0 Å². The van der Waals surface area contributed by atoms with E-state index >= 15 is 0 Å². The second-order valence-corrected chi connectivity index (χ2v) is 6.83. The summed E-state index contributed by atoms with van der Waals surface area (Å²) in [5.74, 6) is -0.570. The van der Waals surface area contributed by atoms with Gasteiger partial charge in [-0.1, -0.05) is 60.7 Å². The molecule has 1 aliphatic rings. The van der Waals surface area contributed by atoms with Gasteiger partial charge in [-0.25, -0.2) is 0 Å². The van der Waals surface area contributed by atoms with Crippen LogP contribution in [0.2, 0.25) is 0 Å². The maximum absolute atomic E-state index is 6.04. The first-order valence-corrected chi connectivity index (χ1v) is 8.84. The van der Waals surface area contributed by atoms with Crippen molar-refractivity contribution in [3.8, 4) is 0 Å². The smallest absolute Gasteiger partial charge is 0.163 e. The zero-order valence-electron chi connectivity index (χ0n) is 15.0. The highest BCUT2D eigenvalue weighted by atomic mass is 16.8. The van der Waals surface area contributed by atoms with E-state index in [4.69, 9.17) is 14.2 Å². The Bertz CT molecular complexity index is 575. The first-order valence-electron chi connectivity index (χ1n) is 8.84. The average Bonchev–Trinajstić information content (AvgIpc) is 2.91. The van der Waals surface area contributed by atoms with Gasteiger partial charge in [-0.3, -0.25) is 0 Å². The zero-order chi connectivity index (χ0) is 17.5. The Morgan fingerprint density at radius 1 is 0.880 bits per heavy atom. The predicted molar refractivity (Wildman–Crippen MR) is 98.1 cm³/mol. The molecule has 1 fully saturated rings. The standard InChI is InChI=1S/C21H27NO3/c1-21(2)24-19(14-22-13-17-9-5-3-6-10-17)20(25-21)16-23-15-18-11-7-4-8-12-18/h3-12,19-20,22H,13-16H2,1-2H3/t19-,20-/m0/s1. The highest BCUT2D eigenvalue weighted by molar-refractivity contribution is 5.14. The second-order valence-electron chi connectivity index (χ2n) is 6.83. The largest absolute Gasteiger partial charge is 0.374 e. The summed E-state index contributed by atoms with van der Waals surface area (Å²) in [6.07, 6.45) is -0.0866. The Labute approximate surface area is 150 Å². The second kappa shape index (κ2) is 8.59. The number of rotatable bonds is 8. The first-order chi connectivity index (χ1) is 12.1. The van der Waals surface area contributed by atoms with Gasteiger partial charge in [0.15, 0.2) is 5.79 Å². The van der Waals surface area contributed by atoms with E-state index in [-0.39, 0.29) is 12.2 Å². The zero-order valence-corrected chi connectivity index (χ0v) is 15.0. The van der Waals surface area contributed by atoms with Crippen molar-refractivity contribution in [1.29, 1.82) is 0 Å². The number of benzene rings is 2. The topological polar surface area (TPSA) is 39.7 Å². The van der Waals surface area contributed by atoms with E-state index in [0.717, 1.165) is 13.1 Å². The molecule has 0 radical (unpaired) electrons. The molecule has 1 heterocycles. The molecule has 1 N–H and O–H groups in total. The third kappa shape index (κ3) is 5.65. The Morgan fingerprint density at radius 3 is 2.16 bits per heavy atom. The van der Waals surface area contributed by atoms with Gasteiger partial charge in [-0.15, -0.1) is 0 Å². The van der Waals surface area contributed by atoms with Crippen LogP contribution in [0.15, 0.2) is 60.7 Å². The third-order valence-electron chi connectivity index (χ3n) is 4.20. The molecule has 1 aliphatic heterocycles. The maximum atomic E-state index is 6.04. The van der Waals surface area contributed by atoms with Gasteiger partial charge in [0.1, 0.15) is 12.2 Å². The van der Waals surface area contributed by atoms with Crippen LogP contribution in [0.5, 0.6) is 0 Å². The summed E-state index contributed by atoms with van der Waals surface area (Å²) in [5.41, 5.74) is 2.43. The molecule has 4 nitrogen and oxygen atoms in total. The van der Waals surface area contributed by atoms with Gasteiger partial charge in [-0.05, 0) is 25.0 Å². The molecule has 0 aromatic heterocycles. The number of hydrogen-bond acceptors (Lipinski definition) is 4. The van der Waals surface area contributed by atoms with Crippen molar-refractivity contribution < 1.29 is 14.2 Å². The number of ether oxygens (including phenoxy) is 3. The normalized spacial score (nSPS) is 22.2. The molecule has 0 unspecified atom stereocenters. The maximum Gasteiger partial charge on any atom is 0.163 e. The molecule has 134 valence electrons. The van der Waals surface area contributed by atoms with Gasteiger partial charge in [0.25, 0.3) is 0 Å². The third-order valence-corrected chi connectivity index (χ3v) is 4.20. The lowest BCUT2D eigenvalue weighted by Gasteiger charge is -2.17. The summed E-state index contributed by atoms with van der Waals surface area (Å²) in [6.45, 7) is 6.57. The minimum atomic E-state index is -0.570. The molecule has 0 aliphatic carbocycles. The summed E-state index contributed by atoms with van der Waals surface area (Å²) in [4.78, 5) is 0. The van der Waals surface area contributed by atoms with Crippen LogP contribution in [-0.2, 0) is 27.4 Å². The molecule has 2 aromatic carbocycles. The lowest BCUT2D eigenvalue weighted by molar-refractivity contribution is -0.151. The van der Waals surface area contributed by atoms with Crippen molar-refractivity contribution in [2.75, 3.05) is 13.2 Å². The van der Waals surface area contributed by atoms with Crippen molar-refractivity contribution in [2.24, 2.45) is 0 Å². The summed E-state index contributed by atoms with van der Waals surface area (Å²) in [7, 11) is 0. The molecule has 0 saturated carbocycles. The summed E-state index contributed by atoms with van der Waals surface area (Å²) >= 11 is 0. The fourth-order valence-electron chi connectivity index (χ4n) is 3.04. The molecule has 0 amide bonds. The summed E-state index contributed by atoms with van der Waals surface area (Å²) < 4.78 is 17.9. The van der Waals surface area contributed by atoms with Gasteiger partial charge in [0, 0.05) is 13.1 Å². The minimum Gasteiger partial charge on any atom is -0.374 e. The fourth-order valence-corrected chi connectivity index (χ4v) is 3.04. The average molecular weight is 341 g/mol. The molecule has 2 aromatic rings. The molecule has 0 bridgehead atoms. The van der Waals surface area contributed by atoms with Gasteiger partial charge in [0.2, 0.25) is 0 Å². The van der Waals surface area contributed by atoms with Gasteiger partial charge in [-0.2, -0.15) is 0 Å². The van der Waals surface area contributed by atoms with E-state index < -0.39 is 5.79 Å². The highest BCUT2D eigenvalue weighted by Gasteiger charge is 2.40. The SMILES string of the molecule is CC1(C)O[C@@H](CNCc2ccccc2)[C@H](COCc2ccccc2)O1. The number of nitrogens with one attached hydrogen (secondary N) is 1. The Kier molecular flexibility index (Phi) is 6.21. The van der Waals surface area contributed by atoms with Crippen molar-refractivity contribution in [2.45, 2.75) is 45.0 Å². The highest BCUT2D eigenvalue weighted by Crippen LogP contribution is 2.28. The van der Waals surface area contributed by atoms with Crippen LogP contribution in [0.3, 0.4) is 0 Å². The van der Waals surface area contributed by atoms with Crippen molar-refractivity contribution in [1.82, 2.24) is 5.32 Å². The summed E-state index contributed by atoms with van der Waals surface area (Å²) in [6, 6.07) is 20.5. The quantitative estimate of drug-likeness (QED) is 0.797. The molecule has 0 spiro atoms. The minimum absolute atomic E-state index is 0.0190. The molecule has 4 heteroatoms. The van der Waals surface area contributed by atoms with Crippen LogP contribution < -0.4 is 5.32 Å². The van der Waals surface area contributed by atoms with Crippen LogP contribution in [0, 0.1) is 0 Å². The van der Waals surface area contributed by atoms with E-state index in [1.165, 1.54) is 11.1 Å². The lowest BCUT2D eigenvalue weighted by Crippen LogP contribution is -2.36. The van der Waals surface area contributed by atoms with E-state index in [1.54, 1.807) is 0 Å². The van der Waals surface area contributed by atoms with Crippen LogP contribution in [-0.4, -0.2) is 31.1 Å². The van der Waals surface area contributed by atoms with Gasteiger partial charge >= 0.3 is 0 Å². The summed E-state index contributed by atoms with van der Waals surface area (Å²) in [5, 5.41) is 3.46. The molecular weight excluding hydrogens is 314 g/mol. The monoisotopic (exact) mass is 341 g/mol. The van der Waals surface area contributed by atoms with Gasteiger partial charge < -0.3 is 19.5 Å². The van der Waals surface area contributed by atoms with E-state index in [0.29, 0.717) is 13.2 Å². The van der Waals surface area contributed by atoms with Crippen LogP contribution in [0.4, 0.5) is 0 Å². The number of hydrogen-bond donors (Lipinski definition) is 1. The van der Waals surface area contributed by atoms with Gasteiger partial charge in [0.05, 0.1) is 13.2 Å². The Hall–Kier alpha value is -1.72. The van der Waals surface area contributed by atoms with Crippen molar-refractivity contribution in [3.05, 3.63) is 71.8 Å². The molecule has 1 saturated heterocycles. The molecule has 3 rings (SSSR count). The van der Waals surface area contributed by atoms with E-state index in [2.05, 4.69) is 41.7 Å².